The van der Waals surface area contributed by atoms with E-state index in [4.69, 9.17) is 4.42 Å². The highest BCUT2D eigenvalue weighted by atomic mass is 32.2. The summed E-state index contributed by atoms with van der Waals surface area (Å²) in [6, 6.07) is 11.4. The molecule has 3 aromatic rings. The van der Waals surface area contributed by atoms with Crippen LogP contribution in [0.2, 0.25) is 0 Å². The molecule has 2 aromatic heterocycles. The van der Waals surface area contributed by atoms with E-state index in [1.807, 2.05) is 0 Å². The summed E-state index contributed by atoms with van der Waals surface area (Å²) in [4.78, 5) is 12.1. The molecule has 0 aliphatic rings. The molecule has 1 N–H and O–H groups in total. The molecule has 2 heterocycles. The minimum Gasteiger partial charge on any atom is -0.451 e. The van der Waals surface area contributed by atoms with Gasteiger partial charge in [0.2, 0.25) is 0 Å². The van der Waals surface area contributed by atoms with Crippen molar-refractivity contribution in [3.05, 3.63) is 70.4 Å². The van der Waals surface area contributed by atoms with E-state index in [1.54, 1.807) is 47.4 Å². The number of halogens is 1. The van der Waals surface area contributed by atoms with Gasteiger partial charge in [0.25, 0.3) is 5.91 Å². The van der Waals surface area contributed by atoms with Crippen molar-refractivity contribution in [1.82, 2.24) is 5.32 Å². The van der Waals surface area contributed by atoms with Gasteiger partial charge >= 0.3 is 0 Å². The number of nitrogens with one attached hydrogen (secondary N) is 1. The third-order valence-electron chi connectivity index (χ3n) is 3.34. The first-order valence-corrected chi connectivity index (χ1v) is 9.55. The Balaban J connectivity index is 1.46. The van der Waals surface area contributed by atoms with Crippen LogP contribution in [0, 0.1) is 5.82 Å². The molecule has 0 aliphatic heterocycles. The van der Waals surface area contributed by atoms with E-state index in [0.717, 1.165) is 17.1 Å². The Kier molecular flexibility index (Phi) is 5.72. The summed E-state index contributed by atoms with van der Waals surface area (Å²) >= 11 is 3.47. The lowest BCUT2D eigenvalue weighted by molar-refractivity contribution is 0.0929. The fourth-order valence-electron chi connectivity index (χ4n) is 2.12. The first-order valence-electron chi connectivity index (χ1n) is 7.45. The van der Waals surface area contributed by atoms with E-state index < -0.39 is 0 Å². The van der Waals surface area contributed by atoms with Gasteiger partial charge in [0.15, 0.2) is 5.76 Å². The Morgan fingerprint density at radius 3 is 2.75 bits per heavy atom. The molecule has 24 heavy (non-hydrogen) atoms. The fraction of sp³-hybridized carbons (Fsp3) is 0.167. The Morgan fingerprint density at radius 2 is 2.00 bits per heavy atom. The zero-order valence-electron chi connectivity index (χ0n) is 12.8. The topological polar surface area (TPSA) is 42.2 Å². The summed E-state index contributed by atoms with van der Waals surface area (Å²) in [5, 5.41) is 7.04. The second-order valence-corrected chi connectivity index (χ2v) is 7.00. The van der Waals surface area contributed by atoms with Gasteiger partial charge in [-0.3, -0.25) is 4.79 Å². The largest absolute Gasteiger partial charge is 0.451 e. The number of thiophene rings is 1. The predicted molar refractivity (Wildman–Crippen MR) is 96.9 cm³/mol. The fourth-order valence-corrected chi connectivity index (χ4v) is 3.70. The van der Waals surface area contributed by atoms with Crippen LogP contribution in [0.3, 0.4) is 0 Å². The van der Waals surface area contributed by atoms with Crippen molar-refractivity contribution in [3.63, 3.8) is 0 Å². The van der Waals surface area contributed by atoms with Crippen LogP contribution in [0.1, 0.15) is 16.1 Å². The van der Waals surface area contributed by atoms with Crippen LogP contribution in [0.15, 0.2) is 57.6 Å². The van der Waals surface area contributed by atoms with Crippen molar-refractivity contribution < 1.29 is 13.6 Å². The normalized spacial score (nSPS) is 10.7. The quantitative estimate of drug-likeness (QED) is 0.614. The molecular weight excluding hydrogens is 345 g/mol. The first kappa shape index (κ1) is 16.8. The molecule has 6 heteroatoms. The monoisotopic (exact) mass is 361 g/mol. The summed E-state index contributed by atoms with van der Waals surface area (Å²) in [5.74, 6) is 2.06. The van der Waals surface area contributed by atoms with Crippen molar-refractivity contribution >= 4 is 29.0 Å². The lowest BCUT2D eigenvalue weighted by Gasteiger charge is -2.03. The van der Waals surface area contributed by atoms with Crippen LogP contribution in [0.4, 0.5) is 4.39 Å². The maximum atomic E-state index is 12.9. The first-order chi connectivity index (χ1) is 11.7. The number of furan rings is 1. The number of carbonyl (C=O) groups is 1. The van der Waals surface area contributed by atoms with Crippen LogP contribution < -0.4 is 5.32 Å². The van der Waals surface area contributed by atoms with Gasteiger partial charge in [-0.05, 0) is 58.8 Å². The molecule has 0 saturated carbocycles. The highest BCUT2D eigenvalue weighted by molar-refractivity contribution is 7.98. The average molecular weight is 361 g/mol. The molecule has 0 bridgehead atoms. The Bertz CT molecular complexity index is 782. The number of amides is 1. The molecule has 0 fully saturated rings. The van der Waals surface area contributed by atoms with Gasteiger partial charge in [-0.15, -0.1) is 0 Å². The summed E-state index contributed by atoms with van der Waals surface area (Å²) in [6.45, 7) is 0.584. The van der Waals surface area contributed by atoms with Crippen LogP contribution in [-0.4, -0.2) is 18.2 Å². The zero-order chi connectivity index (χ0) is 16.8. The van der Waals surface area contributed by atoms with Crippen LogP contribution in [-0.2, 0) is 5.75 Å². The Morgan fingerprint density at radius 1 is 1.17 bits per heavy atom. The van der Waals surface area contributed by atoms with Crippen molar-refractivity contribution in [3.8, 4) is 11.3 Å². The number of carbonyl (C=O) groups excluding carboxylic acids is 1. The van der Waals surface area contributed by atoms with Gasteiger partial charge in [-0.25, -0.2) is 4.39 Å². The minimum absolute atomic E-state index is 0.237. The van der Waals surface area contributed by atoms with Gasteiger partial charge in [0, 0.05) is 23.6 Å². The number of hydrogen-bond donors (Lipinski definition) is 1. The third kappa shape index (κ3) is 4.49. The Hall–Kier alpha value is -2.05. The number of hydrogen-bond acceptors (Lipinski definition) is 4. The van der Waals surface area contributed by atoms with Crippen LogP contribution >= 0.6 is 23.1 Å². The highest BCUT2D eigenvalue weighted by Crippen LogP contribution is 2.22. The van der Waals surface area contributed by atoms with E-state index in [2.05, 4.69) is 22.1 Å². The SMILES string of the molecule is O=C(NCCSCc1ccsc1)c1ccc(-c2ccc(F)cc2)o1. The molecule has 0 saturated heterocycles. The van der Waals surface area contributed by atoms with E-state index in [-0.39, 0.29) is 17.5 Å². The van der Waals surface area contributed by atoms with E-state index in [0.29, 0.717) is 12.3 Å². The van der Waals surface area contributed by atoms with Crippen molar-refractivity contribution in [2.45, 2.75) is 5.75 Å². The standard InChI is InChI=1S/C18H16FNO2S2/c19-15-3-1-14(2-4-15)16-5-6-17(22-16)18(21)20-8-10-24-12-13-7-9-23-11-13/h1-7,9,11H,8,10,12H2,(H,20,21). The van der Waals surface area contributed by atoms with Gasteiger partial charge in [-0.1, -0.05) is 0 Å². The second kappa shape index (κ2) is 8.17. The second-order valence-electron chi connectivity index (χ2n) is 5.11. The smallest absolute Gasteiger partial charge is 0.287 e. The molecule has 0 atom stereocenters. The number of rotatable bonds is 7. The molecule has 124 valence electrons. The van der Waals surface area contributed by atoms with Crippen LogP contribution in [0.25, 0.3) is 11.3 Å². The van der Waals surface area contributed by atoms with Crippen molar-refractivity contribution in [2.75, 3.05) is 12.3 Å². The zero-order valence-corrected chi connectivity index (χ0v) is 14.5. The molecular formula is C18H16FNO2S2. The molecule has 3 nitrogen and oxygen atoms in total. The Labute approximate surface area is 147 Å². The molecule has 1 amide bonds. The molecule has 0 aliphatic carbocycles. The lowest BCUT2D eigenvalue weighted by atomic mass is 10.2. The van der Waals surface area contributed by atoms with Gasteiger partial charge in [-0.2, -0.15) is 23.1 Å². The van der Waals surface area contributed by atoms with Gasteiger partial charge < -0.3 is 9.73 Å². The van der Waals surface area contributed by atoms with Crippen molar-refractivity contribution in [2.24, 2.45) is 0 Å². The molecule has 0 unspecified atom stereocenters. The minimum atomic E-state index is -0.303. The summed E-state index contributed by atoms with van der Waals surface area (Å²) in [5.41, 5.74) is 2.05. The maximum Gasteiger partial charge on any atom is 0.287 e. The highest BCUT2D eigenvalue weighted by Gasteiger charge is 2.11. The summed E-state index contributed by atoms with van der Waals surface area (Å²) in [6.07, 6.45) is 0. The van der Waals surface area contributed by atoms with Crippen molar-refractivity contribution in [1.29, 1.82) is 0 Å². The summed E-state index contributed by atoms with van der Waals surface area (Å²) < 4.78 is 18.5. The van der Waals surface area contributed by atoms with Crippen LogP contribution in [0.5, 0.6) is 0 Å². The lowest BCUT2D eigenvalue weighted by Crippen LogP contribution is -2.25. The van der Waals surface area contributed by atoms with E-state index in [1.165, 1.54) is 17.7 Å². The maximum absolute atomic E-state index is 12.9. The molecule has 1 aromatic carbocycles. The third-order valence-corrected chi connectivity index (χ3v) is 5.10. The summed E-state index contributed by atoms with van der Waals surface area (Å²) in [7, 11) is 0. The molecule has 0 radical (unpaired) electrons. The number of benzene rings is 1. The van der Waals surface area contributed by atoms with Gasteiger partial charge in [0.1, 0.15) is 11.6 Å². The van der Waals surface area contributed by atoms with E-state index in [9.17, 15) is 9.18 Å². The number of thioether (sulfide) groups is 1. The van der Waals surface area contributed by atoms with E-state index >= 15 is 0 Å². The predicted octanol–water partition coefficient (Wildman–Crippen LogP) is 4.81. The molecule has 3 rings (SSSR count). The van der Waals surface area contributed by atoms with Gasteiger partial charge in [0.05, 0.1) is 0 Å². The molecule has 0 spiro atoms. The average Bonchev–Trinajstić information content (AvgIpc) is 3.27.